The van der Waals surface area contributed by atoms with Crippen LogP contribution in [0.2, 0.25) is 5.02 Å². The molecule has 0 aliphatic heterocycles. The Balaban J connectivity index is 2.16. The fourth-order valence-corrected chi connectivity index (χ4v) is 2.18. The van der Waals surface area contributed by atoms with E-state index in [1.165, 1.54) is 0 Å². The molecule has 19 heavy (non-hydrogen) atoms. The van der Waals surface area contributed by atoms with Crippen molar-refractivity contribution in [3.8, 4) is 5.75 Å². The van der Waals surface area contributed by atoms with Gasteiger partial charge in [0.2, 0.25) is 0 Å². The van der Waals surface area contributed by atoms with Gasteiger partial charge in [-0.05, 0) is 47.1 Å². The van der Waals surface area contributed by atoms with Crippen LogP contribution in [0.4, 0.5) is 5.82 Å². The maximum Gasteiger partial charge on any atom is 0.126 e. The number of pyridine rings is 1. The summed E-state index contributed by atoms with van der Waals surface area (Å²) in [6, 6.07) is 9.49. The highest BCUT2D eigenvalue weighted by atomic mass is 79.9. The summed E-state index contributed by atoms with van der Waals surface area (Å²) < 4.78 is 6.30. The topological polar surface area (TPSA) is 34.1 Å². The summed E-state index contributed by atoms with van der Waals surface area (Å²) in [5.41, 5.74) is 1.87. The molecule has 3 nitrogen and oxygen atoms in total. The van der Waals surface area contributed by atoms with Crippen LogP contribution in [-0.2, 0) is 6.54 Å². The highest BCUT2D eigenvalue weighted by Crippen LogP contribution is 2.27. The number of hydrogen-bond donors (Lipinski definition) is 1. The summed E-state index contributed by atoms with van der Waals surface area (Å²) >= 11 is 9.61. The number of hydrogen-bond acceptors (Lipinski definition) is 3. The lowest BCUT2D eigenvalue weighted by Crippen LogP contribution is -2.04. The molecule has 0 radical (unpaired) electrons. The van der Waals surface area contributed by atoms with Crippen molar-refractivity contribution in [2.45, 2.75) is 13.5 Å². The number of ether oxygens (including phenoxy) is 1. The standard InChI is InChI=1S/C14H14BrClN2O/c1-9-11(15)6-7-14(18-9)17-8-10-12(16)4-3-5-13(10)19-2/h3-7H,8H2,1-2H3,(H,17,18). The SMILES string of the molecule is COc1cccc(Cl)c1CNc1ccc(Br)c(C)n1. The molecule has 1 heterocycles. The van der Waals surface area contributed by atoms with E-state index in [-0.39, 0.29) is 0 Å². The van der Waals surface area contributed by atoms with Gasteiger partial charge in [0.15, 0.2) is 0 Å². The third-order valence-electron chi connectivity index (χ3n) is 2.76. The van der Waals surface area contributed by atoms with Crippen LogP contribution < -0.4 is 10.1 Å². The molecule has 1 aromatic heterocycles. The lowest BCUT2D eigenvalue weighted by Gasteiger charge is -2.12. The van der Waals surface area contributed by atoms with Crippen molar-refractivity contribution in [3.05, 3.63) is 51.1 Å². The van der Waals surface area contributed by atoms with Gasteiger partial charge in [0.05, 0.1) is 12.8 Å². The summed E-state index contributed by atoms with van der Waals surface area (Å²) in [6.45, 7) is 2.52. The van der Waals surface area contributed by atoms with Crippen LogP contribution in [-0.4, -0.2) is 12.1 Å². The molecule has 0 aliphatic carbocycles. The van der Waals surface area contributed by atoms with E-state index in [0.29, 0.717) is 11.6 Å². The van der Waals surface area contributed by atoms with Crippen LogP contribution in [0, 0.1) is 6.92 Å². The van der Waals surface area contributed by atoms with Crippen molar-refractivity contribution in [1.82, 2.24) is 4.98 Å². The van der Waals surface area contributed by atoms with Crippen LogP contribution in [0.15, 0.2) is 34.8 Å². The second-order valence-corrected chi connectivity index (χ2v) is 5.30. The van der Waals surface area contributed by atoms with Crippen LogP contribution >= 0.6 is 27.5 Å². The Labute approximate surface area is 126 Å². The van der Waals surface area contributed by atoms with Gasteiger partial charge in [-0.15, -0.1) is 0 Å². The van der Waals surface area contributed by atoms with Crippen molar-refractivity contribution in [3.63, 3.8) is 0 Å². The fraction of sp³-hybridized carbons (Fsp3) is 0.214. The molecule has 0 saturated carbocycles. The average Bonchev–Trinajstić information content (AvgIpc) is 2.41. The van der Waals surface area contributed by atoms with Gasteiger partial charge >= 0.3 is 0 Å². The van der Waals surface area contributed by atoms with Gasteiger partial charge in [0.25, 0.3) is 0 Å². The number of nitrogens with zero attached hydrogens (tertiary/aromatic N) is 1. The Kier molecular flexibility index (Phi) is 4.66. The zero-order valence-electron chi connectivity index (χ0n) is 10.7. The molecule has 0 aliphatic rings. The summed E-state index contributed by atoms with van der Waals surface area (Å²) in [6.07, 6.45) is 0. The fourth-order valence-electron chi connectivity index (χ4n) is 1.72. The quantitative estimate of drug-likeness (QED) is 0.893. The lowest BCUT2D eigenvalue weighted by molar-refractivity contribution is 0.410. The second-order valence-electron chi connectivity index (χ2n) is 4.04. The molecule has 100 valence electrons. The van der Waals surface area contributed by atoms with E-state index in [1.807, 2.05) is 37.3 Å². The molecule has 0 spiro atoms. The smallest absolute Gasteiger partial charge is 0.126 e. The molecule has 0 fully saturated rings. The number of methoxy groups -OCH3 is 1. The Morgan fingerprint density at radius 2 is 2.11 bits per heavy atom. The third kappa shape index (κ3) is 3.39. The lowest BCUT2D eigenvalue weighted by atomic mass is 10.2. The molecule has 5 heteroatoms. The largest absolute Gasteiger partial charge is 0.496 e. The van der Waals surface area contributed by atoms with Crippen molar-refractivity contribution >= 4 is 33.3 Å². The van der Waals surface area contributed by atoms with E-state index < -0.39 is 0 Å². The van der Waals surface area contributed by atoms with E-state index in [4.69, 9.17) is 16.3 Å². The number of halogens is 2. The number of rotatable bonds is 4. The van der Waals surface area contributed by atoms with E-state index in [0.717, 1.165) is 27.3 Å². The molecule has 2 rings (SSSR count). The summed E-state index contributed by atoms with van der Waals surface area (Å²) in [7, 11) is 1.64. The maximum absolute atomic E-state index is 6.18. The molecule has 0 atom stereocenters. The van der Waals surface area contributed by atoms with Gasteiger partial charge in [-0.25, -0.2) is 4.98 Å². The minimum absolute atomic E-state index is 0.566. The molecular weight excluding hydrogens is 328 g/mol. The summed E-state index contributed by atoms with van der Waals surface area (Å²) in [5.74, 6) is 1.58. The monoisotopic (exact) mass is 340 g/mol. The first-order chi connectivity index (χ1) is 9.11. The number of aryl methyl sites for hydroxylation is 1. The molecule has 2 aromatic rings. The van der Waals surface area contributed by atoms with Crippen LogP contribution in [0.25, 0.3) is 0 Å². The molecule has 0 saturated heterocycles. The van der Waals surface area contributed by atoms with Crippen molar-refractivity contribution in [1.29, 1.82) is 0 Å². The normalized spacial score (nSPS) is 10.3. The number of aromatic nitrogens is 1. The molecule has 1 N–H and O–H groups in total. The molecule has 0 amide bonds. The van der Waals surface area contributed by atoms with Crippen molar-refractivity contribution in [2.24, 2.45) is 0 Å². The summed E-state index contributed by atoms with van der Waals surface area (Å²) in [4.78, 5) is 4.43. The Hall–Kier alpha value is -1.26. The maximum atomic E-state index is 6.18. The first kappa shape index (κ1) is 14.2. The van der Waals surface area contributed by atoms with Crippen LogP contribution in [0.3, 0.4) is 0 Å². The van der Waals surface area contributed by atoms with Crippen molar-refractivity contribution in [2.75, 3.05) is 12.4 Å². The zero-order chi connectivity index (χ0) is 13.8. The molecule has 1 aromatic carbocycles. The van der Waals surface area contributed by atoms with Crippen molar-refractivity contribution < 1.29 is 4.74 Å². The number of nitrogens with one attached hydrogen (secondary N) is 1. The van der Waals surface area contributed by atoms with Crippen LogP contribution in [0.5, 0.6) is 5.75 Å². The van der Waals surface area contributed by atoms with E-state index in [1.54, 1.807) is 7.11 Å². The van der Waals surface area contributed by atoms with Gasteiger partial charge in [-0.2, -0.15) is 0 Å². The number of anilines is 1. The van der Waals surface area contributed by atoms with E-state index in [2.05, 4.69) is 26.2 Å². The first-order valence-corrected chi connectivity index (χ1v) is 6.97. The number of benzene rings is 1. The average molecular weight is 342 g/mol. The second kappa shape index (κ2) is 6.26. The Bertz CT molecular complexity index is 590. The minimum atomic E-state index is 0.566. The predicted molar refractivity (Wildman–Crippen MR) is 82.0 cm³/mol. The zero-order valence-corrected chi connectivity index (χ0v) is 13.0. The Morgan fingerprint density at radius 3 is 2.79 bits per heavy atom. The van der Waals surface area contributed by atoms with Crippen LogP contribution in [0.1, 0.15) is 11.3 Å². The molecule has 0 unspecified atom stereocenters. The summed E-state index contributed by atoms with van der Waals surface area (Å²) in [5, 5.41) is 3.93. The highest BCUT2D eigenvalue weighted by molar-refractivity contribution is 9.10. The van der Waals surface area contributed by atoms with E-state index in [9.17, 15) is 0 Å². The van der Waals surface area contributed by atoms with Gasteiger partial charge in [-0.3, -0.25) is 0 Å². The van der Waals surface area contributed by atoms with Gasteiger partial charge in [0, 0.05) is 21.6 Å². The van der Waals surface area contributed by atoms with E-state index >= 15 is 0 Å². The Morgan fingerprint density at radius 1 is 1.32 bits per heavy atom. The minimum Gasteiger partial charge on any atom is -0.496 e. The molecule has 0 bridgehead atoms. The van der Waals surface area contributed by atoms with Gasteiger partial charge < -0.3 is 10.1 Å². The van der Waals surface area contributed by atoms with Gasteiger partial charge in [0.1, 0.15) is 11.6 Å². The van der Waals surface area contributed by atoms with Gasteiger partial charge in [-0.1, -0.05) is 17.7 Å². The predicted octanol–water partition coefficient (Wildman–Crippen LogP) is 4.43. The first-order valence-electron chi connectivity index (χ1n) is 5.80. The molecular formula is C14H14BrClN2O. The third-order valence-corrected chi connectivity index (χ3v) is 3.96. The highest BCUT2D eigenvalue weighted by Gasteiger charge is 2.07.